The van der Waals surface area contributed by atoms with Crippen molar-refractivity contribution in [2.75, 3.05) is 52.0 Å². The molecule has 1 aliphatic carbocycles. The first kappa shape index (κ1) is 15.3. The standard InChI is InChI=1S/C16H25NO3/c1-18-9-10-20-12-11-19-8-7-17-16-6-5-14-3-2-4-15(14)13-16/h5-6,13,17H,2-4,7-12H2,1H3. The molecule has 2 rings (SSSR count). The third-order valence-corrected chi connectivity index (χ3v) is 3.48. The monoisotopic (exact) mass is 279 g/mol. The Bertz CT molecular complexity index is 395. The molecule has 0 bridgehead atoms. The van der Waals surface area contributed by atoms with Crippen molar-refractivity contribution in [3.63, 3.8) is 0 Å². The summed E-state index contributed by atoms with van der Waals surface area (Å²) in [6.07, 6.45) is 3.76. The summed E-state index contributed by atoms with van der Waals surface area (Å²) in [5.74, 6) is 0. The van der Waals surface area contributed by atoms with E-state index >= 15 is 0 Å². The number of ether oxygens (including phenoxy) is 3. The van der Waals surface area contributed by atoms with Crippen molar-refractivity contribution in [2.24, 2.45) is 0 Å². The number of aryl methyl sites for hydroxylation is 2. The molecule has 0 amide bonds. The van der Waals surface area contributed by atoms with Crippen LogP contribution in [0, 0.1) is 0 Å². The molecule has 0 spiro atoms. The van der Waals surface area contributed by atoms with E-state index in [1.165, 1.54) is 36.1 Å². The van der Waals surface area contributed by atoms with Gasteiger partial charge in [-0.15, -0.1) is 0 Å². The van der Waals surface area contributed by atoms with Crippen molar-refractivity contribution in [3.05, 3.63) is 29.3 Å². The minimum atomic E-state index is 0.627. The van der Waals surface area contributed by atoms with Crippen molar-refractivity contribution >= 4 is 5.69 Å². The Morgan fingerprint density at radius 3 is 2.55 bits per heavy atom. The zero-order valence-corrected chi connectivity index (χ0v) is 12.3. The molecule has 0 fully saturated rings. The topological polar surface area (TPSA) is 39.7 Å². The number of methoxy groups -OCH3 is 1. The molecule has 0 radical (unpaired) electrons. The number of anilines is 1. The lowest BCUT2D eigenvalue weighted by Gasteiger charge is -2.09. The molecule has 0 aliphatic heterocycles. The third-order valence-electron chi connectivity index (χ3n) is 3.48. The van der Waals surface area contributed by atoms with Crippen LogP contribution in [0.15, 0.2) is 18.2 Å². The number of hydrogen-bond donors (Lipinski definition) is 1. The second-order valence-electron chi connectivity index (χ2n) is 4.98. The summed E-state index contributed by atoms with van der Waals surface area (Å²) in [7, 11) is 1.67. The molecule has 0 atom stereocenters. The predicted octanol–water partition coefficient (Wildman–Crippen LogP) is 2.27. The summed E-state index contributed by atoms with van der Waals surface area (Å²) >= 11 is 0. The molecule has 1 N–H and O–H groups in total. The Balaban J connectivity index is 1.51. The maximum Gasteiger partial charge on any atom is 0.0701 e. The molecule has 4 nitrogen and oxygen atoms in total. The summed E-state index contributed by atoms with van der Waals surface area (Å²) < 4.78 is 15.7. The second-order valence-corrected chi connectivity index (χ2v) is 4.98. The molecule has 0 saturated carbocycles. The van der Waals surface area contributed by atoms with E-state index in [-0.39, 0.29) is 0 Å². The van der Waals surface area contributed by atoms with E-state index in [0.717, 1.165) is 6.54 Å². The number of benzene rings is 1. The predicted molar refractivity (Wildman–Crippen MR) is 80.5 cm³/mol. The van der Waals surface area contributed by atoms with E-state index in [1.54, 1.807) is 7.11 Å². The lowest BCUT2D eigenvalue weighted by Crippen LogP contribution is -2.13. The fraction of sp³-hybridized carbons (Fsp3) is 0.625. The quantitative estimate of drug-likeness (QED) is 0.667. The first-order valence-corrected chi connectivity index (χ1v) is 7.40. The van der Waals surface area contributed by atoms with Gasteiger partial charge in [0.2, 0.25) is 0 Å². The number of fused-ring (bicyclic) bond motifs is 1. The van der Waals surface area contributed by atoms with Gasteiger partial charge in [0.1, 0.15) is 0 Å². The number of rotatable bonds is 10. The number of hydrogen-bond acceptors (Lipinski definition) is 4. The number of nitrogens with one attached hydrogen (secondary N) is 1. The molecule has 0 unspecified atom stereocenters. The molecule has 0 heterocycles. The van der Waals surface area contributed by atoms with Crippen LogP contribution in [-0.2, 0) is 27.1 Å². The normalized spacial score (nSPS) is 13.4. The fourth-order valence-electron chi connectivity index (χ4n) is 2.41. The highest BCUT2D eigenvalue weighted by Gasteiger charge is 2.10. The van der Waals surface area contributed by atoms with Crippen molar-refractivity contribution in [1.29, 1.82) is 0 Å². The van der Waals surface area contributed by atoms with Crippen molar-refractivity contribution in [2.45, 2.75) is 19.3 Å². The van der Waals surface area contributed by atoms with Crippen LogP contribution in [0.1, 0.15) is 17.5 Å². The maximum absolute atomic E-state index is 5.50. The second kappa shape index (κ2) is 8.95. The summed E-state index contributed by atoms with van der Waals surface area (Å²) in [5.41, 5.74) is 4.22. The van der Waals surface area contributed by atoms with Crippen LogP contribution in [0.5, 0.6) is 0 Å². The van der Waals surface area contributed by atoms with Crippen LogP contribution in [0.25, 0.3) is 0 Å². The Labute approximate surface area is 121 Å². The molecule has 1 aromatic rings. The molecule has 112 valence electrons. The van der Waals surface area contributed by atoms with Crippen molar-refractivity contribution in [1.82, 2.24) is 0 Å². The fourth-order valence-corrected chi connectivity index (χ4v) is 2.41. The summed E-state index contributed by atoms with van der Waals surface area (Å²) in [4.78, 5) is 0. The highest BCUT2D eigenvalue weighted by molar-refractivity contribution is 5.50. The minimum Gasteiger partial charge on any atom is -0.383 e. The van der Waals surface area contributed by atoms with Crippen LogP contribution in [-0.4, -0.2) is 46.7 Å². The maximum atomic E-state index is 5.50. The van der Waals surface area contributed by atoms with E-state index in [2.05, 4.69) is 23.5 Å². The van der Waals surface area contributed by atoms with Crippen molar-refractivity contribution in [3.8, 4) is 0 Å². The smallest absolute Gasteiger partial charge is 0.0701 e. The van der Waals surface area contributed by atoms with Gasteiger partial charge in [-0.3, -0.25) is 0 Å². The summed E-state index contributed by atoms with van der Waals surface area (Å²) in [6, 6.07) is 6.68. The summed E-state index contributed by atoms with van der Waals surface area (Å²) in [6.45, 7) is 4.06. The van der Waals surface area contributed by atoms with E-state index in [4.69, 9.17) is 14.2 Å². The highest BCUT2D eigenvalue weighted by Crippen LogP contribution is 2.24. The zero-order chi connectivity index (χ0) is 14.0. The van der Waals surface area contributed by atoms with Gasteiger partial charge in [0.05, 0.1) is 33.0 Å². The van der Waals surface area contributed by atoms with Crippen LogP contribution in [0.2, 0.25) is 0 Å². The van der Waals surface area contributed by atoms with Gasteiger partial charge in [-0.05, 0) is 42.5 Å². The van der Waals surface area contributed by atoms with Crippen LogP contribution in [0.4, 0.5) is 5.69 Å². The molecular formula is C16H25NO3. The van der Waals surface area contributed by atoms with Crippen LogP contribution < -0.4 is 5.32 Å². The van der Waals surface area contributed by atoms with Crippen LogP contribution in [0.3, 0.4) is 0 Å². The zero-order valence-electron chi connectivity index (χ0n) is 12.3. The van der Waals surface area contributed by atoms with Gasteiger partial charge < -0.3 is 19.5 Å². The van der Waals surface area contributed by atoms with Gasteiger partial charge >= 0.3 is 0 Å². The molecule has 1 aliphatic rings. The Hall–Kier alpha value is -1.10. The largest absolute Gasteiger partial charge is 0.383 e. The third kappa shape index (κ3) is 5.12. The Morgan fingerprint density at radius 1 is 0.950 bits per heavy atom. The van der Waals surface area contributed by atoms with Crippen molar-refractivity contribution < 1.29 is 14.2 Å². The SMILES string of the molecule is COCCOCCOCCNc1ccc2c(c1)CCC2. The molecule has 0 saturated heterocycles. The first-order chi connectivity index (χ1) is 9.90. The Morgan fingerprint density at radius 2 is 1.70 bits per heavy atom. The minimum absolute atomic E-state index is 0.627. The summed E-state index contributed by atoms with van der Waals surface area (Å²) in [5, 5.41) is 3.40. The molecule has 20 heavy (non-hydrogen) atoms. The van der Waals surface area contributed by atoms with Gasteiger partial charge in [-0.1, -0.05) is 6.07 Å². The molecule has 1 aromatic carbocycles. The van der Waals surface area contributed by atoms with Gasteiger partial charge in [-0.2, -0.15) is 0 Å². The molecule has 0 aromatic heterocycles. The Kier molecular flexibility index (Phi) is 6.84. The van der Waals surface area contributed by atoms with E-state index in [0.29, 0.717) is 33.0 Å². The molecule has 4 heteroatoms. The highest BCUT2D eigenvalue weighted by atomic mass is 16.5. The van der Waals surface area contributed by atoms with Gasteiger partial charge in [0, 0.05) is 19.3 Å². The van der Waals surface area contributed by atoms with E-state index in [1.807, 2.05) is 0 Å². The van der Waals surface area contributed by atoms with Gasteiger partial charge in [0.25, 0.3) is 0 Å². The lowest BCUT2D eigenvalue weighted by atomic mass is 10.1. The van der Waals surface area contributed by atoms with Gasteiger partial charge in [-0.25, -0.2) is 0 Å². The lowest BCUT2D eigenvalue weighted by molar-refractivity contribution is 0.0272. The van der Waals surface area contributed by atoms with Gasteiger partial charge in [0.15, 0.2) is 0 Å². The van der Waals surface area contributed by atoms with Crippen LogP contribution >= 0.6 is 0 Å². The first-order valence-electron chi connectivity index (χ1n) is 7.40. The molecular weight excluding hydrogens is 254 g/mol. The average molecular weight is 279 g/mol. The average Bonchev–Trinajstić information content (AvgIpc) is 2.93. The van der Waals surface area contributed by atoms with E-state index in [9.17, 15) is 0 Å². The van der Waals surface area contributed by atoms with E-state index < -0.39 is 0 Å².